The Morgan fingerprint density at radius 2 is 0.958 bits per heavy atom. The van der Waals surface area contributed by atoms with E-state index in [0.717, 1.165) is 38.0 Å². The van der Waals surface area contributed by atoms with Crippen LogP contribution in [-0.2, 0) is 26.6 Å². The normalized spacial score (nSPS) is 12.2. The van der Waals surface area contributed by atoms with Crippen LogP contribution in [0.15, 0.2) is 0 Å². The van der Waals surface area contributed by atoms with E-state index in [1.165, 1.54) is 0 Å². The Kier molecular flexibility index (Phi) is 13.1. The fourth-order valence-electron chi connectivity index (χ4n) is 2.19. The van der Waals surface area contributed by atoms with Crippen LogP contribution < -0.4 is 10.6 Å². The van der Waals surface area contributed by atoms with Crippen molar-refractivity contribution in [2.24, 2.45) is 0 Å². The van der Waals surface area contributed by atoms with Gasteiger partial charge in [0.1, 0.15) is 0 Å². The fourth-order valence-corrected chi connectivity index (χ4v) is 5.84. The summed E-state index contributed by atoms with van der Waals surface area (Å²) in [5, 5.41) is 6.94. The van der Waals surface area contributed by atoms with Gasteiger partial charge in [0, 0.05) is 67.8 Å². The van der Waals surface area contributed by atoms with Crippen molar-refractivity contribution < 1.29 is 26.6 Å². The molecule has 8 nitrogen and oxygen atoms in total. The van der Waals surface area contributed by atoms with Gasteiger partial charge >= 0.3 is 17.6 Å². The van der Waals surface area contributed by atoms with E-state index in [2.05, 4.69) is 10.6 Å². The monoisotopic (exact) mass is 400 g/mol. The molecule has 0 spiro atoms. The van der Waals surface area contributed by atoms with E-state index in [0.29, 0.717) is 5.11 Å². The predicted octanol–water partition coefficient (Wildman–Crippen LogP) is 0.987. The van der Waals surface area contributed by atoms with E-state index in [4.69, 9.17) is 38.8 Å². The third-order valence-corrected chi connectivity index (χ3v) is 9.71. The van der Waals surface area contributed by atoms with Crippen LogP contribution in [0.3, 0.4) is 0 Å². The topological polar surface area (TPSA) is 79.4 Å². The van der Waals surface area contributed by atoms with Crippen molar-refractivity contribution in [2.75, 3.05) is 55.7 Å². The number of thiocarbonyl (C=S) groups is 1. The van der Waals surface area contributed by atoms with Crippen molar-refractivity contribution in [1.29, 1.82) is 0 Å². The Balaban J connectivity index is 3.88. The average molecular weight is 401 g/mol. The summed E-state index contributed by atoms with van der Waals surface area (Å²) < 4.78 is 32.2. The molecule has 0 aliphatic carbocycles. The lowest BCUT2D eigenvalue weighted by Crippen LogP contribution is -2.44. The Bertz CT molecular complexity index is 300. The second-order valence-electron chi connectivity index (χ2n) is 4.98. The van der Waals surface area contributed by atoms with E-state index >= 15 is 0 Å². The van der Waals surface area contributed by atoms with Gasteiger partial charge in [-0.05, 0) is 25.1 Å². The van der Waals surface area contributed by atoms with Crippen LogP contribution in [-0.4, -0.2) is 78.5 Å². The summed E-state index contributed by atoms with van der Waals surface area (Å²) in [6.45, 7) is 1.45. The highest BCUT2D eigenvalue weighted by Crippen LogP contribution is 2.15. The maximum atomic E-state index is 5.37. The predicted molar refractivity (Wildman–Crippen MR) is 101 cm³/mol. The number of hydrogen-bond acceptors (Lipinski definition) is 7. The summed E-state index contributed by atoms with van der Waals surface area (Å²) in [5.41, 5.74) is 0. The van der Waals surface area contributed by atoms with Gasteiger partial charge < -0.3 is 37.2 Å². The maximum absolute atomic E-state index is 5.37. The van der Waals surface area contributed by atoms with Gasteiger partial charge in [-0.2, -0.15) is 0 Å². The summed E-state index contributed by atoms with van der Waals surface area (Å²) in [7, 11) is 4.69. The quantitative estimate of drug-likeness (QED) is 0.252. The van der Waals surface area contributed by atoms with E-state index in [1.54, 1.807) is 42.7 Å². The largest absolute Gasteiger partial charge is 0.500 e. The van der Waals surface area contributed by atoms with Crippen LogP contribution in [0, 0.1) is 0 Å². The summed E-state index contributed by atoms with van der Waals surface area (Å²) in [4.78, 5) is 0. The third-order valence-electron chi connectivity index (χ3n) is 3.76. The molecule has 0 saturated carbocycles. The third kappa shape index (κ3) is 8.31. The molecule has 0 unspecified atom stereocenters. The first kappa shape index (κ1) is 23.9. The van der Waals surface area contributed by atoms with Crippen molar-refractivity contribution in [3.05, 3.63) is 0 Å². The summed E-state index contributed by atoms with van der Waals surface area (Å²) >= 11 is 5.25. The molecule has 0 rings (SSSR count). The molecule has 0 aliphatic heterocycles. The van der Waals surface area contributed by atoms with Crippen LogP contribution in [0.25, 0.3) is 0 Å². The molecule has 11 heteroatoms. The molecule has 0 fully saturated rings. The van der Waals surface area contributed by atoms with E-state index < -0.39 is 17.6 Å². The molecule has 2 N–H and O–H groups in total. The number of nitrogens with one attached hydrogen (secondary N) is 2. The zero-order valence-corrected chi connectivity index (χ0v) is 18.4. The lowest BCUT2D eigenvalue weighted by atomic mass is 10.5. The molecule has 0 aromatic heterocycles. The van der Waals surface area contributed by atoms with Crippen molar-refractivity contribution in [2.45, 2.75) is 24.9 Å². The van der Waals surface area contributed by atoms with E-state index in [9.17, 15) is 0 Å². The van der Waals surface area contributed by atoms with Gasteiger partial charge in [-0.1, -0.05) is 0 Å². The number of hydrogen-bond donors (Lipinski definition) is 2. The van der Waals surface area contributed by atoms with E-state index in [-0.39, 0.29) is 0 Å². The fraction of sp³-hybridized carbons (Fsp3) is 0.923. The zero-order valence-electron chi connectivity index (χ0n) is 15.6. The van der Waals surface area contributed by atoms with Gasteiger partial charge in [0.05, 0.1) is 0 Å². The van der Waals surface area contributed by atoms with Crippen molar-refractivity contribution in [3.63, 3.8) is 0 Å². The molecule has 0 aliphatic rings. The molecule has 0 aromatic carbocycles. The van der Waals surface area contributed by atoms with Gasteiger partial charge in [-0.15, -0.1) is 0 Å². The Labute approximate surface area is 153 Å². The van der Waals surface area contributed by atoms with Crippen LogP contribution in [0.1, 0.15) is 12.8 Å². The van der Waals surface area contributed by atoms with Crippen molar-refractivity contribution in [3.8, 4) is 0 Å². The molecule has 0 amide bonds. The highest BCUT2D eigenvalue weighted by atomic mass is 32.1. The highest BCUT2D eigenvalue weighted by Gasteiger charge is 2.37. The lowest BCUT2D eigenvalue weighted by molar-refractivity contribution is 0.122. The average Bonchev–Trinajstić information content (AvgIpc) is 2.63. The molecule has 24 heavy (non-hydrogen) atoms. The molecule has 0 atom stereocenters. The van der Waals surface area contributed by atoms with Gasteiger partial charge in [-0.25, -0.2) is 0 Å². The lowest BCUT2D eigenvalue weighted by Gasteiger charge is -2.24. The molecular weight excluding hydrogens is 368 g/mol. The second kappa shape index (κ2) is 13.1. The van der Waals surface area contributed by atoms with Gasteiger partial charge in [0.25, 0.3) is 0 Å². The highest BCUT2D eigenvalue weighted by molar-refractivity contribution is 7.80. The van der Waals surface area contributed by atoms with Crippen LogP contribution >= 0.6 is 12.2 Å². The Morgan fingerprint density at radius 1 is 0.667 bits per heavy atom. The first-order chi connectivity index (χ1) is 11.5. The minimum Gasteiger partial charge on any atom is -0.377 e. The summed E-state index contributed by atoms with van der Waals surface area (Å²) in [5.74, 6) is 0. The maximum Gasteiger partial charge on any atom is 0.500 e. The molecule has 0 radical (unpaired) electrons. The smallest absolute Gasteiger partial charge is 0.377 e. The first-order valence-corrected chi connectivity index (χ1v) is 12.1. The molecule has 0 bridgehead atoms. The molecule has 0 heterocycles. The van der Waals surface area contributed by atoms with Crippen LogP contribution in [0.4, 0.5) is 0 Å². The number of rotatable bonds is 14. The Hall–Kier alpha value is -0.116. The molecule has 0 aromatic rings. The van der Waals surface area contributed by atoms with Crippen molar-refractivity contribution >= 4 is 34.9 Å². The first-order valence-electron chi connectivity index (χ1n) is 7.79. The van der Waals surface area contributed by atoms with Crippen LogP contribution in [0.2, 0.25) is 12.1 Å². The van der Waals surface area contributed by atoms with Gasteiger partial charge in [0.2, 0.25) is 0 Å². The minimum atomic E-state index is -2.50. The summed E-state index contributed by atoms with van der Waals surface area (Å²) in [6.07, 6.45) is 1.69. The molecule has 0 saturated heterocycles. The SMILES string of the molecule is CO[Si](CCCNC(=S)NCCC[Si](OC)(OC)OC)(OC)OC. The minimum absolute atomic E-state index is 0.619. The molecule has 144 valence electrons. The van der Waals surface area contributed by atoms with Crippen molar-refractivity contribution in [1.82, 2.24) is 10.6 Å². The zero-order chi connectivity index (χ0) is 18.5. The second-order valence-corrected chi connectivity index (χ2v) is 11.6. The van der Waals surface area contributed by atoms with E-state index in [1.807, 2.05) is 0 Å². The Morgan fingerprint density at radius 3 is 1.21 bits per heavy atom. The summed E-state index contributed by atoms with van der Waals surface area (Å²) in [6, 6.07) is 1.46. The van der Waals surface area contributed by atoms with Crippen LogP contribution in [0.5, 0.6) is 0 Å². The standard InChI is InChI=1S/C13H32N2O6SSi2/c1-16-23(17-2,18-3)11-7-9-14-13(22)15-10-8-12-24(19-4,20-5)21-6/h7-12H2,1-6H3,(H2,14,15,22). The van der Waals surface area contributed by atoms with Gasteiger partial charge in [0.15, 0.2) is 5.11 Å². The van der Waals surface area contributed by atoms with Gasteiger partial charge in [-0.3, -0.25) is 0 Å². The molecular formula is C13H32N2O6SSi2.